The molecule has 69 heavy (non-hydrogen) atoms. The summed E-state index contributed by atoms with van der Waals surface area (Å²) in [6.45, 7) is 13.8. The lowest BCUT2D eigenvalue weighted by Crippen LogP contribution is -2.49. The van der Waals surface area contributed by atoms with Crippen LogP contribution in [0.2, 0.25) is 5.02 Å². The maximum atomic E-state index is 13.6. The number of likely N-dealkylation sites (tertiary alicyclic amines) is 1. The SMILES string of the molecule is CC1(CN2CCNCC2)CCC(c2ccc(Cl)cc2)=C(CN2CCN(c3ccc(C(=O)NS(=O)(=O)c4ccc(N[C@H](CCN5CCCCC5CO)CSc5ccccc5)c([N+](=O)[O-])c4)cc3)CC2)C1. The van der Waals surface area contributed by atoms with E-state index in [2.05, 4.69) is 54.0 Å². The molecule has 14 nitrogen and oxygen atoms in total. The van der Waals surface area contributed by atoms with Gasteiger partial charge in [0, 0.05) is 117 Å². The van der Waals surface area contributed by atoms with Crippen LogP contribution in [0.15, 0.2) is 112 Å². The number of nitrogens with zero attached hydrogens (tertiary/aromatic N) is 5. The van der Waals surface area contributed by atoms with Crippen LogP contribution in [0.1, 0.15) is 67.8 Å². The van der Waals surface area contributed by atoms with Crippen molar-refractivity contribution in [1.82, 2.24) is 24.7 Å². The number of rotatable bonds is 19. The summed E-state index contributed by atoms with van der Waals surface area (Å²) < 4.78 is 29.4. The molecular weight excluding hydrogens is 932 g/mol. The number of hydrogen-bond acceptors (Lipinski definition) is 13. The number of anilines is 2. The Morgan fingerprint density at radius 1 is 0.942 bits per heavy atom. The van der Waals surface area contributed by atoms with E-state index in [1.807, 2.05) is 54.6 Å². The van der Waals surface area contributed by atoms with E-state index < -0.39 is 26.5 Å². The fourth-order valence-electron chi connectivity index (χ4n) is 10.5. The highest BCUT2D eigenvalue weighted by Crippen LogP contribution is 2.44. The minimum Gasteiger partial charge on any atom is -0.395 e. The number of aliphatic hydroxyl groups excluding tert-OH is 1. The predicted octanol–water partition coefficient (Wildman–Crippen LogP) is 7.85. The van der Waals surface area contributed by atoms with E-state index in [1.54, 1.807) is 23.9 Å². The molecule has 0 aromatic heterocycles. The summed E-state index contributed by atoms with van der Waals surface area (Å²) in [6, 6.07) is 28.7. The van der Waals surface area contributed by atoms with Crippen molar-refractivity contribution in [3.05, 3.63) is 129 Å². The van der Waals surface area contributed by atoms with Crippen molar-refractivity contribution in [2.24, 2.45) is 5.41 Å². The van der Waals surface area contributed by atoms with Crippen LogP contribution in [0, 0.1) is 15.5 Å². The summed E-state index contributed by atoms with van der Waals surface area (Å²) >= 11 is 7.93. The summed E-state index contributed by atoms with van der Waals surface area (Å²) in [5.41, 5.74) is 5.33. The zero-order valence-electron chi connectivity index (χ0n) is 39.7. The van der Waals surface area contributed by atoms with Gasteiger partial charge in [0.05, 0.1) is 16.4 Å². The van der Waals surface area contributed by atoms with E-state index in [0.717, 1.165) is 132 Å². The van der Waals surface area contributed by atoms with E-state index >= 15 is 0 Å². The molecule has 0 radical (unpaired) electrons. The smallest absolute Gasteiger partial charge is 0.293 e. The molecule has 0 bridgehead atoms. The van der Waals surface area contributed by atoms with Crippen molar-refractivity contribution >= 4 is 61.9 Å². The molecule has 4 aliphatic rings. The van der Waals surface area contributed by atoms with Gasteiger partial charge >= 0.3 is 0 Å². The number of allylic oxidation sites excluding steroid dienone is 1. The van der Waals surface area contributed by atoms with E-state index in [1.165, 1.54) is 28.8 Å². The number of piperazine rings is 2. The number of amides is 1. The highest BCUT2D eigenvalue weighted by atomic mass is 35.5. The Balaban J connectivity index is 0.882. The van der Waals surface area contributed by atoms with Gasteiger partial charge in [-0.3, -0.25) is 24.7 Å². The summed E-state index contributed by atoms with van der Waals surface area (Å²) in [5, 5.41) is 30.0. The van der Waals surface area contributed by atoms with Gasteiger partial charge in [0.25, 0.3) is 21.6 Å². The zero-order chi connectivity index (χ0) is 48.4. The number of piperidine rings is 1. The average molecular weight is 1000 g/mol. The second-order valence-electron chi connectivity index (χ2n) is 19.4. The quantitative estimate of drug-likeness (QED) is 0.0409. The molecule has 3 saturated heterocycles. The Morgan fingerprint density at radius 3 is 2.39 bits per heavy atom. The van der Waals surface area contributed by atoms with E-state index in [9.17, 15) is 28.4 Å². The Kier molecular flexibility index (Phi) is 17.4. The maximum Gasteiger partial charge on any atom is 0.293 e. The molecule has 1 amide bonds. The topological polar surface area (TPSA) is 164 Å². The number of aliphatic hydroxyl groups is 1. The molecule has 0 spiro atoms. The van der Waals surface area contributed by atoms with Crippen LogP contribution in [-0.2, 0) is 10.0 Å². The molecule has 0 saturated carbocycles. The van der Waals surface area contributed by atoms with Crippen molar-refractivity contribution < 1.29 is 23.2 Å². The monoisotopic (exact) mass is 998 g/mol. The van der Waals surface area contributed by atoms with Gasteiger partial charge in [-0.2, -0.15) is 0 Å². The lowest BCUT2D eigenvalue weighted by Gasteiger charge is -2.43. The van der Waals surface area contributed by atoms with Crippen LogP contribution in [0.25, 0.3) is 5.57 Å². The average Bonchev–Trinajstić information content (AvgIpc) is 3.36. The van der Waals surface area contributed by atoms with Gasteiger partial charge in [-0.25, -0.2) is 13.1 Å². The summed E-state index contributed by atoms with van der Waals surface area (Å²) in [7, 11) is -4.47. The van der Waals surface area contributed by atoms with Gasteiger partial charge in [0.15, 0.2) is 0 Å². The molecule has 3 atom stereocenters. The number of sulfonamides is 1. The third kappa shape index (κ3) is 13.7. The number of carbonyl (C=O) groups excluding carboxylic acids is 1. The molecule has 3 aliphatic heterocycles. The molecule has 4 N–H and O–H groups in total. The molecule has 370 valence electrons. The van der Waals surface area contributed by atoms with Crippen molar-refractivity contribution in [1.29, 1.82) is 0 Å². The summed E-state index contributed by atoms with van der Waals surface area (Å²) in [5.74, 6) is -0.221. The molecule has 3 heterocycles. The van der Waals surface area contributed by atoms with Gasteiger partial charge in [0.2, 0.25) is 0 Å². The second kappa shape index (κ2) is 23.6. The molecular formula is C52H67ClN8O6S2. The minimum absolute atomic E-state index is 0.0864. The lowest BCUT2D eigenvalue weighted by atomic mass is 9.71. The highest BCUT2D eigenvalue weighted by molar-refractivity contribution is 7.99. The number of carbonyl (C=O) groups is 1. The van der Waals surface area contributed by atoms with Crippen LogP contribution in [0.5, 0.6) is 0 Å². The van der Waals surface area contributed by atoms with Gasteiger partial charge in [-0.05, 0) is 122 Å². The third-order valence-electron chi connectivity index (χ3n) is 14.3. The number of hydrogen-bond donors (Lipinski definition) is 4. The normalized spacial score (nSPS) is 21.5. The molecule has 4 aromatic carbocycles. The number of benzene rings is 4. The molecule has 2 unspecified atom stereocenters. The fourth-order valence-corrected chi connectivity index (χ4v) is 12.6. The Bertz CT molecular complexity index is 2500. The maximum absolute atomic E-state index is 13.6. The Labute approximate surface area is 417 Å². The van der Waals surface area contributed by atoms with Crippen molar-refractivity contribution in [2.45, 2.75) is 73.7 Å². The number of halogens is 1. The van der Waals surface area contributed by atoms with Crippen LogP contribution >= 0.6 is 23.4 Å². The van der Waals surface area contributed by atoms with Crippen LogP contribution in [-0.4, -0.2) is 142 Å². The number of thioether (sulfide) groups is 1. The summed E-state index contributed by atoms with van der Waals surface area (Å²) in [4.78, 5) is 35.7. The number of nitro benzene ring substituents is 1. The van der Waals surface area contributed by atoms with E-state index in [-0.39, 0.29) is 40.3 Å². The van der Waals surface area contributed by atoms with Crippen molar-refractivity contribution in [2.75, 3.05) is 101 Å². The van der Waals surface area contributed by atoms with E-state index in [4.69, 9.17) is 11.6 Å². The minimum atomic E-state index is -4.47. The zero-order valence-corrected chi connectivity index (χ0v) is 42.0. The standard InChI is InChI=1S/C52H67ClN8O6S2/c1-52(38-58-27-23-54-24-28-58)22-20-48(39-10-14-42(53)15-11-39)41(34-52)35-57-29-31-60(32-30-57)44-16-12-40(13-17-44)51(63)56-69(66,67)47-18-19-49(50(33-47)61(64)65)55-43(37-68-46-8-3-2-4-9-46)21-26-59-25-6-5-7-45(59)36-62/h2-4,8-19,33,43,45,54-55,62H,5-7,20-32,34-38H2,1H3,(H,56,63)/t43-,45?,52?/m1/s1. The molecule has 1 aliphatic carbocycles. The third-order valence-corrected chi connectivity index (χ3v) is 17.1. The van der Waals surface area contributed by atoms with Crippen LogP contribution in [0.4, 0.5) is 17.1 Å². The first-order valence-electron chi connectivity index (χ1n) is 24.5. The molecule has 17 heteroatoms. The van der Waals surface area contributed by atoms with Gasteiger partial charge in [-0.1, -0.05) is 60.9 Å². The fraction of sp³-hybridized carbons (Fsp3) is 0.481. The van der Waals surface area contributed by atoms with Crippen LogP contribution < -0.4 is 20.3 Å². The highest BCUT2D eigenvalue weighted by Gasteiger charge is 2.35. The van der Waals surface area contributed by atoms with Crippen molar-refractivity contribution in [3.8, 4) is 0 Å². The Hall–Kier alpha value is -4.52. The number of nitro groups is 1. The van der Waals surface area contributed by atoms with Gasteiger partial charge < -0.3 is 25.5 Å². The second-order valence-corrected chi connectivity index (χ2v) is 22.6. The predicted molar refractivity (Wildman–Crippen MR) is 278 cm³/mol. The van der Waals surface area contributed by atoms with E-state index in [0.29, 0.717) is 18.7 Å². The molecule has 8 rings (SSSR count). The van der Waals surface area contributed by atoms with Gasteiger partial charge in [-0.15, -0.1) is 11.8 Å². The van der Waals surface area contributed by atoms with Gasteiger partial charge in [0.1, 0.15) is 5.69 Å². The largest absolute Gasteiger partial charge is 0.395 e. The Morgan fingerprint density at radius 2 is 1.68 bits per heavy atom. The number of nitrogens with one attached hydrogen (secondary N) is 3. The first-order chi connectivity index (χ1) is 33.3. The van der Waals surface area contributed by atoms with Crippen LogP contribution in [0.3, 0.4) is 0 Å². The lowest BCUT2D eigenvalue weighted by molar-refractivity contribution is -0.384. The van der Waals surface area contributed by atoms with Crippen molar-refractivity contribution in [3.63, 3.8) is 0 Å². The molecule has 4 aromatic rings. The summed E-state index contributed by atoms with van der Waals surface area (Å²) in [6.07, 6.45) is 6.98. The molecule has 3 fully saturated rings. The first-order valence-corrected chi connectivity index (χ1v) is 27.3. The first kappa shape index (κ1) is 50.9.